The predicted octanol–water partition coefficient (Wildman–Crippen LogP) is 5.66. The molecule has 0 aliphatic heterocycles. The highest BCUT2D eigenvalue weighted by Gasteiger charge is 2.31. The number of aliphatic hydroxyl groups is 2. The Labute approximate surface area is 190 Å². The van der Waals surface area contributed by atoms with Gasteiger partial charge in [-0.15, -0.1) is 0 Å². The van der Waals surface area contributed by atoms with Crippen molar-refractivity contribution in [3.05, 3.63) is 76.6 Å². The highest BCUT2D eigenvalue weighted by atomic mass is 19.1. The lowest BCUT2D eigenvalue weighted by molar-refractivity contribution is -0.139. The van der Waals surface area contributed by atoms with Crippen LogP contribution in [0.4, 0.5) is 4.39 Å². The molecule has 0 unspecified atom stereocenters. The SMILES string of the molecule is CCC(CC)(c1cccc(F)c1)c1ccc(/C=C/[C@@H](O)C[C@@H](O)CC(=O)O)c(C(C)C)c1. The zero-order chi connectivity index (χ0) is 23.9. The van der Waals surface area contributed by atoms with Gasteiger partial charge in [-0.3, -0.25) is 4.79 Å². The van der Waals surface area contributed by atoms with E-state index in [0.717, 1.165) is 35.1 Å². The maximum Gasteiger partial charge on any atom is 0.305 e. The topological polar surface area (TPSA) is 77.8 Å². The van der Waals surface area contributed by atoms with Gasteiger partial charge in [-0.05, 0) is 53.1 Å². The Balaban J connectivity index is 2.39. The summed E-state index contributed by atoms with van der Waals surface area (Å²) in [5.41, 5.74) is 3.86. The molecule has 0 amide bonds. The normalized spacial score (nSPS) is 14.1. The minimum absolute atomic E-state index is 0.0355. The molecule has 0 bridgehead atoms. The van der Waals surface area contributed by atoms with E-state index in [-0.39, 0.29) is 23.6 Å². The summed E-state index contributed by atoms with van der Waals surface area (Å²) in [7, 11) is 0. The van der Waals surface area contributed by atoms with Crippen LogP contribution in [-0.2, 0) is 10.2 Å². The highest BCUT2D eigenvalue weighted by molar-refractivity contribution is 5.67. The van der Waals surface area contributed by atoms with Crippen molar-refractivity contribution < 1.29 is 24.5 Å². The first-order valence-corrected chi connectivity index (χ1v) is 11.3. The lowest BCUT2D eigenvalue weighted by Crippen LogP contribution is -2.26. The summed E-state index contributed by atoms with van der Waals surface area (Å²) in [6.45, 7) is 8.45. The molecule has 32 heavy (non-hydrogen) atoms. The van der Waals surface area contributed by atoms with E-state index < -0.39 is 24.6 Å². The van der Waals surface area contributed by atoms with E-state index in [0.29, 0.717) is 0 Å². The van der Waals surface area contributed by atoms with E-state index in [2.05, 4.69) is 39.8 Å². The van der Waals surface area contributed by atoms with Crippen LogP contribution in [0.2, 0.25) is 0 Å². The molecule has 4 nitrogen and oxygen atoms in total. The first-order valence-electron chi connectivity index (χ1n) is 11.3. The second-order valence-corrected chi connectivity index (χ2v) is 8.71. The first-order chi connectivity index (χ1) is 15.1. The lowest BCUT2D eigenvalue weighted by Gasteiger charge is -2.34. The molecule has 0 radical (unpaired) electrons. The molecule has 2 rings (SSSR count). The van der Waals surface area contributed by atoms with Crippen molar-refractivity contribution in [3.63, 3.8) is 0 Å². The van der Waals surface area contributed by atoms with Gasteiger partial charge in [-0.1, -0.05) is 70.2 Å². The number of carbonyl (C=O) groups is 1. The quantitative estimate of drug-likeness (QED) is 0.420. The largest absolute Gasteiger partial charge is 0.481 e. The molecule has 174 valence electrons. The molecule has 0 aromatic heterocycles. The van der Waals surface area contributed by atoms with Crippen LogP contribution in [0.15, 0.2) is 48.5 Å². The standard InChI is InChI=1S/C27H35FO4/c1-5-27(6-2,20-8-7-9-22(28)14-20)21-12-10-19(25(15-21)18(3)4)11-13-23(29)16-24(30)17-26(31)32/h7-15,18,23-24,29-30H,5-6,16-17H2,1-4H3,(H,31,32)/b13-11+/t23-,24-/m1/s1. The summed E-state index contributed by atoms with van der Waals surface area (Å²) in [5, 5.41) is 28.7. The smallest absolute Gasteiger partial charge is 0.305 e. The lowest BCUT2D eigenvalue weighted by atomic mass is 9.69. The second kappa shape index (κ2) is 11.4. The van der Waals surface area contributed by atoms with Crippen LogP contribution in [-0.4, -0.2) is 33.5 Å². The summed E-state index contributed by atoms with van der Waals surface area (Å²) >= 11 is 0. The summed E-state index contributed by atoms with van der Waals surface area (Å²) in [4.78, 5) is 10.7. The Morgan fingerprint density at radius 2 is 1.72 bits per heavy atom. The van der Waals surface area contributed by atoms with E-state index in [1.165, 1.54) is 6.07 Å². The van der Waals surface area contributed by atoms with Gasteiger partial charge in [0.2, 0.25) is 0 Å². The molecule has 3 N–H and O–H groups in total. The number of hydrogen-bond donors (Lipinski definition) is 3. The van der Waals surface area contributed by atoms with Gasteiger partial charge in [0.05, 0.1) is 18.6 Å². The third-order valence-corrected chi connectivity index (χ3v) is 6.27. The minimum Gasteiger partial charge on any atom is -0.481 e. The molecule has 0 heterocycles. The van der Waals surface area contributed by atoms with Crippen molar-refractivity contribution in [2.45, 2.75) is 76.9 Å². The summed E-state index contributed by atoms with van der Waals surface area (Å²) in [6.07, 6.45) is 2.60. The van der Waals surface area contributed by atoms with Crippen LogP contribution in [0.5, 0.6) is 0 Å². The molecular weight excluding hydrogens is 407 g/mol. The van der Waals surface area contributed by atoms with Crippen LogP contribution in [0, 0.1) is 5.82 Å². The fourth-order valence-electron chi connectivity index (χ4n) is 4.40. The molecule has 0 aliphatic rings. The number of aliphatic carboxylic acids is 1. The molecule has 0 fully saturated rings. The van der Waals surface area contributed by atoms with Gasteiger partial charge in [-0.25, -0.2) is 4.39 Å². The molecule has 0 saturated heterocycles. The average molecular weight is 443 g/mol. The molecule has 2 atom stereocenters. The number of carboxylic acid groups (broad SMARTS) is 1. The van der Waals surface area contributed by atoms with Gasteiger partial charge in [-0.2, -0.15) is 0 Å². The minimum atomic E-state index is -1.10. The Morgan fingerprint density at radius 1 is 1.06 bits per heavy atom. The Hall–Kier alpha value is -2.50. The maximum atomic E-state index is 14.0. The van der Waals surface area contributed by atoms with Crippen molar-refractivity contribution in [1.82, 2.24) is 0 Å². The fourth-order valence-corrected chi connectivity index (χ4v) is 4.40. The van der Waals surface area contributed by atoms with E-state index in [1.54, 1.807) is 18.2 Å². The molecule has 0 saturated carbocycles. The third-order valence-electron chi connectivity index (χ3n) is 6.27. The monoisotopic (exact) mass is 442 g/mol. The molecule has 5 heteroatoms. The molecular formula is C27H35FO4. The molecule has 0 spiro atoms. The fraction of sp³-hybridized carbons (Fsp3) is 0.444. The maximum absolute atomic E-state index is 14.0. The zero-order valence-corrected chi connectivity index (χ0v) is 19.4. The number of carboxylic acids is 1. The summed E-state index contributed by atoms with van der Waals surface area (Å²) in [6, 6.07) is 13.1. The Morgan fingerprint density at radius 3 is 2.28 bits per heavy atom. The van der Waals surface area contributed by atoms with Crippen molar-refractivity contribution in [2.75, 3.05) is 0 Å². The van der Waals surface area contributed by atoms with E-state index in [9.17, 15) is 19.4 Å². The number of halogens is 1. The van der Waals surface area contributed by atoms with E-state index in [1.807, 2.05) is 18.2 Å². The van der Waals surface area contributed by atoms with Crippen molar-refractivity contribution >= 4 is 12.0 Å². The van der Waals surface area contributed by atoms with E-state index in [4.69, 9.17) is 5.11 Å². The molecule has 2 aromatic rings. The van der Waals surface area contributed by atoms with E-state index >= 15 is 0 Å². The van der Waals surface area contributed by atoms with Crippen molar-refractivity contribution in [3.8, 4) is 0 Å². The van der Waals surface area contributed by atoms with Gasteiger partial charge in [0.25, 0.3) is 0 Å². The van der Waals surface area contributed by atoms with Crippen LogP contribution in [0.3, 0.4) is 0 Å². The highest BCUT2D eigenvalue weighted by Crippen LogP contribution is 2.40. The van der Waals surface area contributed by atoms with Crippen LogP contribution in [0.25, 0.3) is 6.08 Å². The third kappa shape index (κ3) is 6.27. The van der Waals surface area contributed by atoms with Crippen LogP contribution in [0.1, 0.15) is 81.5 Å². The first kappa shape index (κ1) is 25.8. The number of rotatable bonds is 11. The average Bonchev–Trinajstić information content (AvgIpc) is 2.73. The van der Waals surface area contributed by atoms with Crippen molar-refractivity contribution in [2.24, 2.45) is 0 Å². The van der Waals surface area contributed by atoms with Gasteiger partial charge in [0.15, 0.2) is 0 Å². The van der Waals surface area contributed by atoms with Gasteiger partial charge >= 0.3 is 5.97 Å². The second-order valence-electron chi connectivity index (χ2n) is 8.71. The molecule has 2 aromatic carbocycles. The number of hydrogen-bond acceptors (Lipinski definition) is 3. The number of benzene rings is 2. The predicted molar refractivity (Wildman–Crippen MR) is 126 cm³/mol. The van der Waals surface area contributed by atoms with Gasteiger partial charge in [0, 0.05) is 11.8 Å². The number of aliphatic hydroxyl groups excluding tert-OH is 2. The van der Waals surface area contributed by atoms with Gasteiger partial charge in [0.1, 0.15) is 5.82 Å². The zero-order valence-electron chi connectivity index (χ0n) is 19.4. The molecule has 0 aliphatic carbocycles. The van der Waals surface area contributed by atoms with Crippen LogP contribution < -0.4 is 0 Å². The summed E-state index contributed by atoms with van der Waals surface area (Å²) < 4.78 is 14.0. The Kier molecular flexibility index (Phi) is 9.17. The summed E-state index contributed by atoms with van der Waals surface area (Å²) in [5.74, 6) is -1.11. The Bertz CT molecular complexity index is 931. The van der Waals surface area contributed by atoms with Gasteiger partial charge < -0.3 is 15.3 Å². The van der Waals surface area contributed by atoms with Crippen molar-refractivity contribution in [1.29, 1.82) is 0 Å². The van der Waals surface area contributed by atoms with Crippen LogP contribution >= 0.6 is 0 Å².